The normalized spacial score (nSPS) is 10.0. The summed E-state index contributed by atoms with van der Waals surface area (Å²) < 4.78 is 0. The molecule has 0 bridgehead atoms. The lowest BCUT2D eigenvalue weighted by Crippen LogP contribution is -2.12. The summed E-state index contributed by atoms with van der Waals surface area (Å²) in [7, 11) is 0. The topological polar surface area (TPSA) is 54.9 Å². The van der Waals surface area contributed by atoms with Gasteiger partial charge in [-0.3, -0.25) is 9.78 Å². The molecule has 0 unspecified atom stereocenters. The van der Waals surface area contributed by atoms with Gasteiger partial charge < -0.3 is 5.32 Å². The molecule has 4 nitrogen and oxygen atoms in total. The van der Waals surface area contributed by atoms with E-state index in [0.717, 1.165) is 18.4 Å². The largest absolute Gasteiger partial charge is 0.311 e. The number of carbonyl (C=O) groups is 1. The molecule has 0 atom stereocenters. The molecule has 0 fully saturated rings. The molecule has 1 N–H and O–H groups in total. The molecular formula is C14H15N3O. The Hall–Kier alpha value is -2.23. The van der Waals surface area contributed by atoms with E-state index in [4.69, 9.17) is 0 Å². The highest BCUT2D eigenvalue weighted by Crippen LogP contribution is 2.05. The second kappa shape index (κ2) is 6.49. The fourth-order valence-corrected chi connectivity index (χ4v) is 1.64. The molecule has 92 valence electrons. The molecule has 1 amide bonds. The number of amides is 1. The maximum Gasteiger partial charge on any atom is 0.225 e. The van der Waals surface area contributed by atoms with Gasteiger partial charge in [-0.25, -0.2) is 4.98 Å². The molecule has 0 aliphatic rings. The van der Waals surface area contributed by atoms with Crippen molar-refractivity contribution in [1.82, 2.24) is 9.97 Å². The number of hydrogen-bond acceptors (Lipinski definition) is 3. The monoisotopic (exact) mass is 241 g/mol. The maximum absolute atomic E-state index is 11.6. The molecule has 0 aliphatic heterocycles. The van der Waals surface area contributed by atoms with E-state index < -0.39 is 0 Å². The van der Waals surface area contributed by atoms with Gasteiger partial charge in [-0.05, 0) is 36.6 Å². The fraction of sp³-hybridized carbons (Fsp3) is 0.214. The molecule has 0 saturated heterocycles. The lowest BCUT2D eigenvalue weighted by molar-refractivity contribution is -0.116. The van der Waals surface area contributed by atoms with Crippen molar-refractivity contribution in [2.45, 2.75) is 19.3 Å². The second-order valence-corrected chi connectivity index (χ2v) is 3.98. The SMILES string of the molecule is O=C(CCCc1cccnc1)Nc1ccccn1. The molecule has 0 radical (unpaired) electrons. The summed E-state index contributed by atoms with van der Waals surface area (Å²) in [5.74, 6) is 0.599. The zero-order chi connectivity index (χ0) is 12.6. The fourth-order valence-electron chi connectivity index (χ4n) is 1.64. The van der Waals surface area contributed by atoms with Crippen LogP contribution in [0.5, 0.6) is 0 Å². The van der Waals surface area contributed by atoms with Crippen LogP contribution in [0.15, 0.2) is 48.9 Å². The second-order valence-electron chi connectivity index (χ2n) is 3.98. The summed E-state index contributed by atoms with van der Waals surface area (Å²) in [5, 5.41) is 2.76. The highest BCUT2D eigenvalue weighted by molar-refractivity contribution is 5.89. The molecule has 0 saturated carbocycles. The predicted octanol–water partition coefficient (Wildman–Crippen LogP) is 2.44. The van der Waals surface area contributed by atoms with Crippen LogP contribution in [0.4, 0.5) is 5.82 Å². The minimum atomic E-state index is -0.00223. The number of nitrogens with zero attached hydrogens (tertiary/aromatic N) is 2. The van der Waals surface area contributed by atoms with Crippen LogP contribution in [-0.2, 0) is 11.2 Å². The Kier molecular flexibility index (Phi) is 4.41. The zero-order valence-corrected chi connectivity index (χ0v) is 10.0. The molecule has 2 heterocycles. The van der Waals surface area contributed by atoms with Gasteiger partial charge in [0.1, 0.15) is 5.82 Å². The average Bonchev–Trinajstić information content (AvgIpc) is 2.41. The lowest BCUT2D eigenvalue weighted by atomic mass is 10.1. The van der Waals surface area contributed by atoms with Crippen molar-refractivity contribution in [3.05, 3.63) is 54.5 Å². The first-order valence-electron chi connectivity index (χ1n) is 5.94. The minimum absolute atomic E-state index is 0.00223. The average molecular weight is 241 g/mol. The third-order valence-corrected chi connectivity index (χ3v) is 2.52. The molecule has 2 aromatic rings. The Morgan fingerprint density at radius 3 is 2.83 bits per heavy atom. The summed E-state index contributed by atoms with van der Waals surface area (Å²) >= 11 is 0. The summed E-state index contributed by atoms with van der Waals surface area (Å²) in [6, 6.07) is 9.36. The summed E-state index contributed by atoms with van der Waals surface area (Å²) in [6.45, 7) is 0. The van der Waals surface area contributed by atoms with E-state index in [0.29, 0.717) is 12.2 Å². The van der Waals surface area contributed by atoms with Gasteiger partial charge in [-0.15, -0.1) is 0 Å². The van der Waals surface area contributed by atoms with Gasteiger partial charge in [-0.2, -0.15) is 0 Å². The van der Waals surface area contributed by atoms with Crippen molar-refractivity contribution in [1.29, 1.82) is 0 Å². The Balaban J connectivity index is 1.73. The highest BCUT2D eigenvalue weighted by Gasteiger charge is 2.02. The maximum atomic E-state index is 11.6. The molecule has 4 heteroatoms. The number of hydrogen-bond donors (Lipinski definition) is 1. The van der Waals surface area contributed by atoms with E-state index >= 15 is 0 Å². The van der Waals surface area contributed by atoms with Gasteiger partial charge in [0.25, 0.3) is 0 Å². The smallest absolute Gasteiger partial charge is 0.225 e. The number of pyridine rings is 2. The van der Waals surface area contributed by atoms with E-state index in [-0.39, 0.29) is 5.91 Å². The van der Waals surface area contributed by atoms with E-state index in [1.165, 1.54) is 0 Å². The van der Waals surface area contributed by atoms with Crippen molar-refractivity contribution in [3.8, 4) is 0 Å². The van der Waals surface area contributed by atoms with Crippen LogP contribution < -0.4 is 5.32 Å². The van der Waals surface area contributed by atoms with Crippen LogP contribution in [0.1, 0.15) is 18.4 Å². The zero-order valence-electron chi connectivity index (χ0n) is 10.0. The molecule has 2 aromatic heterocycles. The van der Waals surface area contributed by atoms with Crippen LogP contribution >= 0.6 is 0 Å². The summed E-state index contributed by atoms with van der Waals surface area (Å²) in [6.07, 6.45) is 7.40. The van der Waals surface area contributed by atoms with Gasteiger partial charge in [0.05, 0.1) is 0 Å². The Labute approximate surface area is 106 Å². The Morgan fingerprint density at radius 2 is 2.11 bits per heavy atom. The number of nitrogens with one attached hydrogen (secondary N) is 1. The number of anilines is 1. The van der Waals surface area contributed by atoms with Crippen LogP contribution in [0.25, 0.3) is 0 Å². The number of carbonyl (C=O) groups excluding carboxylic acids is 1. The molecule has 2 rings (SSSR count). The van der Waals surface area contributed by atoms with Crippen LogP contribution in [-0.4, -0.2) is 15.9 Å². The summed E-state index contributed by atoms with van der Waals surface area (Å²) in [4.78, 5) is 19.7. The van der Waals surface area contributed by atoms with Crippen molar-refractivity contribution in [2.24, 2.45) is 0 Å². The Bertz CT molecular complexity index is 485. The first kappa shape index (κ1) is 12.2. The van der Waals surface area contributed by atoms with Crippen LogP contribution in [0, 0.1) is 0 Å². The van der Waals surface area contributed by atoms with Crippen molar-refractivity contribution in [2.75, 3.05) is 5.32 Å². The standard InChI is InChI=1S/C14H15N3O/c18-14(17-13-7-1-2-10-16-13)8-3-5-12-6-4-9-15-11-12/h1-2,4,6-7,9-11H,3,5,8H2,(H,16,17,18). The molecule has 0 aromatic carbocycles. The third-order valence-electron chi connectivity index (χ3n) is 2.52. The van der Waals surface area contributed by atoms with Crippen LogP contribution in [0.2, 0.25) is 0 Å². The first-order chi connectivity index (χ1) is 8.84. The quantitative estimate of drug-likeness (QED) is 0.874. The van der Waals surface area contributed by atoms with E-state index in [1.54, 1.807) is 18.5 Å². The number of aromatic nitrogens is 2. The van der Waals surface area contributed by atoms with Gasteiger partial charge >= 0.3 is 0 Å². The molecular weight excluding hydrogens is 226 g/mol. The first-order valence-corrected chi connectivity index (χ1v) is 5.94. The third kappa shape index (κ3) is 3.97. The van der Waals surface area contributed by atoms with Crippen molar-refractivity contribution in [3.63, 3.8) is 0 Å². The predicted molar refractivity (Wildman–Crippen MR) is 70.0 cm³/mol. The molecule has 0 spiro atoms. The molecule has 18 heavy (non-hydrogen) atoms. The van der Waals surface area contributed by atoms with Crippen LogP contribution in [0.3, 0.4) is 0 Å². The van der Waals surface area contributed by atoms with E-state index in [1.807, 2.05) is 30.5 Å². The number of aryl methyl sites for hydroxylation is 1. The van der Waals surface area contributed by atoms with Gasteiger partial charge in [-0.1, -0.05) is 12.1 Å². The van der Waals surface area contributed by atoms with Crippen molar-refractivity contribution >= 4 is 11.7 Å². The van der Waals surface area contributed by atoms with Gasteiger partial charge in [0.2, 0.25) is 5.91 Å². The van der Waals surface area contributed by atoms with Crippen molar-refractivity contribution < 1.29 is 4.79 Å². The lowest BCUT2D eigenvalue weighted by Gasteiger charge is -2.03. The highest BCUT2D eigenvalue weighted by atomic mass is 16.1. The number of rotatable bonds is 5. The van der Waals surface area contributed by atoms with E-state index in [9.17, 15) is 4.79 Å². The minimum Gasteiger partial charge on any atom is -0.311 e. The van der Waals surface area contributed by atoms with Gasteiger partial charge in [0, 0.05) is 25.0 Å². The van der Waals surface area contributed by atoms with E-state index in [2.05, 4.69) is 15.3 Å². The van der Waals surface area contributed by atoms with Gasteiger partial charge in [0.15, 0.2) is 0 Å². The Morgan fingerprint density at radius 1 is 1.17 bits per heavy atom. The molecule has 0 aliphatic carbocycles. The summed E-state index contributed by atoms with van der Waals surface area (Å²) in [5.41, 5.74) is 1.16.